The lowest BCUT2D eigenvalue weighted by molar-refractivity contribution is -0.245. The summed E-state index contributed by atoms with van der Waals surface area (Å²) in [5.74, 6) is -5.36. The first-order valence-corrected chi connectivity index (χ1v) is 12.1. The zero-order valence-electron chi connectivity index (χ0n) is 19.5. The molecule has 0 heterocycles. The molecule has 34 heavy (non-hydrogen) atoms. The fourth-order valence-electron chi connectivity index (χ4n) is 5.08. The minimum Gasteiger partial charge on any atom is -0.303 e. The highest BCUT2D eigenvalue weighted by atomic mass is 19.4. The lowest BCUT2D eigenvalue weighted by Gasteiger charge is -2.24. The third kappa shape index (κ3) is 7.49. The second-order valence-electron chi connectivity index (χ2n) is 9.39. The fraction of sp³-hybridized carbons (Fsp3) is 0.556. The van der Waals surface area contributed by atoms with Crippen LogP contribution in [0.4, 0.5) is 26.3 Å². The molecule has 0 radical (unpaired) electrons. The molecule has 2 unspecified atom stereocenters. The summed E-state index contributed by atoms with van der Waals surface area (Å²) in [6.07, 6.45) is -6.82. The SMILES string of the molecule is CCCN(CCCc1ccc(C2CC(C(F)(F)F)C(C(F)(F)F)C2)cc1)CCc1ccccc1. The zero-order chi connectivity index (χ0) is 24.8. The van der Waals surface area contributed by atoms with Crippen molar-refractivity contribution >= 4 is 0 Å². The number of hydrogen-bond acceptors (Lipinski definition) is 1. The van der Waals surface area contributed by atoms with Crippen LogP contribution < -0.4 is 0 Å². The van der Waals surface area contributed by atoms with Crippen LogP contribution in [0.15, 0.2) is 54.6 Å². The normalized spacial score (nSPS) is 21.4. The number of hydrogen-bond donors (Lipinski definition) is 0. The largest absolute Gasteiger partial charge is 0.392 e. The molecule has 3 rings (SSSR count). The van der Waals surface area contributed by atoms with E-state index in [1.54, 1.807) is 12.1 Å². The van der Waals surface area contributed by atoms with Crippen molar-refractivity contribution in [2.45, 2.75) is 63.7 Å². The smallest absolute Gasteiger partial charge is 0.303 e. The Morgan fingerprint density at radius 1 is 0.706 bits per heavy atom. The molecule has 1 fully saturated rings. The van der Waals surface area contributed by atoms with Gasteiger partial charge in [0.1, 0.15) is 0 Å². The number of aryl methyl sites for hydroxylation is 1. The molecule has 1 saturated carbocycles. The van der Waals surface area contributed by atoms with Crippen molar-refractivity contribution in [2.24, 2.45) is 11.8 Å². The van der Waals surface area contributed by atoms with Gasteiger partial charge >= 0.3 is 12.4 Å². The van der Waals surface area contributed by atoms with Crippen molar-refractivity contribution < 1.29 is 26.3 Å². The predicted molar refractivity (Wildman–Crippen MR) is 123 cm³/mol. The van der Waals surface area contributed by atoms with Crippen molar-refractivity contribution in [3.05, 3.63) is 71.3 Å². The first kappa shape index (κ1) is 26.6. The lowest BCUT2D eigenvalue weighted by Crippen LogP contribution is -2.35. The van der Waals surface area contributed by atoms with Crippen LogP contribution in [-0.2, 0) is 12.8 Å². The number of benzene rings is 2. The number of halogens is 6. The molecule has 1 aliphatic carbocycles. The van der Waals surface area contributed by atoms with Crippen molar-refractivity contribution in [2.75, 3.05) is 19.6 Å². The maximum Gasteiger partial charge on any atom is 0.392 e. The quantitative estimate of drug-likeness (QED) is 0.310. The Morgan fingerprint density at radius 3 is 1.79 bits per heavy atom. The van der Waals surface area contributed by atoms with Crippen molar-refractivity contribution in [1.29, 1.82) is 0 Å². The highest BCUT2D eigenvalue weighted by molar-refractivity contribution is 5.27. The Balaban J connectivity index is 1.52. The summed E-state index contributed by atoms with van der Waals surface area (Å²) < 4.78 is 79.2. The van der Waals surface area contributed by atoms with E-state index in [1.807, 2.05) is 30.3 Å². The summed E-state index contributed by atoms with van der Waals surface area (Å²) in [6.45, 7) is 5.11. The van der Waals surface area contributed by atoms with Gasteiger partial charge in [0.2, 0.25) is 0 Å². The standard InChI is InChI=1S/C27H33F6N/c1-2-15-34(17-14-20-7-4-3-5-8-20)16-6-9-21-10-12-22(13-11-21)23-18-24(26(28,29)30)25(19-23)27(31,32)33/h3-5,7-8,10-13,23-25H,2,6,9,14-19H2,1H3. The molecule has 0 bridgehead atoms. The van der Waals surface area contributed by atoms with Gasteiger partial charge in [-0.1, -0.05) is 61.5 Å². The predicted octanol–water partition coefficient (Wildman–Crippen LogP) is 7.81. The second-order valence-corrected chi connectivity index (χ2v) is 9.39. The third-order valence-electron chi connectivity index (χ3n) is 6.89. The minimum absolute atomic E-state index is 0.500. The van der Waals surface area contributed by atoms with E-state index in [0.717, 1.165) is 50.9 Å². The molecule has 0 aromatic heterocycles. The van der Waals surface area contributed by atoms with Crippen LogP contribution in [0.5, 0.6) is 0 Å². The van der Waals surface area contributed by atoms with E-state index < -0.39 is 42.9 Å². The van der Waals surface area contributed by atoms with E-state index in [2.05, 4.69) is 24.0 Å². The van der Waals surface area contributed by atoms with Crippen LogP contribution in [0.3, 0.4) is 0 Å². The lowest BCUT2D eigenvalue weighted by atomic mass is 9.94. The third-order valence-corrected chi connectivity index (χ3v) is 6.89. The molecule has 0 amide bonds. The number of rotatable bonds is 10. The Morgan fingerprint density at radius 2 is 1.26 bits per heavy atom. The summed E-state index contributed by atoms with van der Waals surface area (Å²) in [4.78, 5) is 2.44. The average Bonchev–Trinajstić information content (AvgIpc) is 3.26. The van der Waals surface area contributed by atoms with Gasteiger partial charge in [-0.15, -0.1) is 0 Å². The molecule has 0 aliphatic heterocycles. The minimum atomic E-state index is -4.83. The van der Waals surface area contributed by atoms with Crippen LogP contribution >= 0.6 is 0 Å². The van der Waals surface area contributed by atoms with Gasteiger partial charge < -0.3 is 4.90 Å². The van der Waals surface area contributed by atoms with Crippen LogP contribution in [0.1, 0.15) is 55.2 Å². The zero-order valence-corrected chi connectivity index (χ0v) is 19.5. The molecule has 2 aromatic carbocycles. The maximum atomic E-state index is 13.2. The van der Waals surface area contributed by atoms with Gasteiger partial charge in [0.15, 0.2) is 0 Å². The van der Waals surface area contributed by atoms with Gasteiger partial charge in [-0.3, -0.25) is 0 Å². The molecule has 0 spiro atoms. The molecule has 7 heteroatoms. The van der Waals surface area contributed by atoms with E-state index in [1.165, 1.54) is 5.56 Å². The van der Waals surface area contributed by atoms with E-state index in [4.69, 9.17) is 0 Å². The average molecular weight is 486 g/mol. The highest BCUT2D eigenvalue weighted by Gasteiger charge is 2.59. The summed E-state index contributed by atoms with van der Waals surface area (Å²) >= 11 is 0. The number of alkyl halides is 6. The molecular formula is C27H33F6N. The monoisotopic (exact) mass is 485 g/mol. The molecule has 1 aliphatic rings. The van der Waals surface area contributed by atoms with Crippen molar-refractivity contribution in [1.82, 2.24) is 4.90 Å². The van der Waals surface area contributed by atoms with Crippen LogP contribution in [0.25, 0.3) is 0 Å². The van der Waals surface area contributed by atoms with Gasteiger partial charge in [-0.05, 0) is 74.2 Å². The number of nitrogens with zero attached hydrogens (tertiary/aromatic N) is 1. The molecule has 1 nitrogen and oxygen atoms in total. The first-order chi connectivity index (χ1) is 16.1. The second kappa shape index (κ2) is 11.6. The Kier molecular flexibility index (Phi) is 9.07. The molecule has 2 atom stereocenters. The Labute approximate surface area is 198 Å². The molecular weight excluding hydrogens is 452 g/mol. The van der Waals surface area contributed by atoms with E-state index in [9.17, 15) is 26.3 Å². The van der Waals surface area contributed by atoms with Gasteiger partial charge in [0.05, 0.1) is 11.8 Å². The Hall–Kier alpha value is -2.02. The van der Waals surface area contributed by atoms with Gasteiger partial charge in [0.25, 0.3) is 0 Å². The van der Waals surface area contributed by atoms with Crippen LogP contribution in [-0.4, -0.2) is 36.9 Å². The van der Waals surface area contributed by atoms with E-state index in [0.29, 0.717) is 5.56 Å². The summed E-state index contributed by atoms with van der Waals surface area (Å²) in [5.41, 5.74) is 2.94. The van der Waals surface area contributed by atoms with Crippen LogP contribution in [0.2, 0.25) is 0 Å². The fourth-order valence-corrected chi connectivity index (χ4v) is 5.08. The topological polar surface area (TPSA) is 3.24 Å². The summed E-state index contributed by atoms with van der Waals surface area (Å²) in [7, 11) is 0. The molecule has 188 valence electrons. The maximum absolute atomic E-state index is 13.2. The van der Waals surface area contributed by atoms with E-state index >= 15 is 0 Å². The van der Waals surface area contributed by atoms with Crippen molar-refractivity contribution in [3.8, 4) is 0 Å². The molecule has 0 saturated heterocycles. The van der Waals surface area contributed by atoms with Gasteiger partial charge in [0, 0.05) is 6.54 Å². The molecule has 2 aromatic rings. The van der Waals surface area contributed by atoms with Crippen LogP contribution in [0, 0.1) is 11.8 Å². The van der Waals surface area contributed by atoms with E-state index in [-0.39, 0.29) is 0 Å². The summed E-state index contributed by atoms with van der Waals surface area (Å²) in [5, 5.41) is 0. The first-order valence-electron chi connectivity index (χ1n) is 12.1. The molecule has 0 N–H and O–H groups in total. The Bertz CT molecular complexity index is 837. The van der Waals surface area contributed by atoms with Gasteiger partial charge in [-0.25, -0.2) is 0 Å². The van der Waals surface area contributed by atoms with Crippen molar-refractivity contribution in [3.63, 3.8) is 0 Å². The summed E-state index contributed by atoms with van der Waals surface area (Å²) in [6, 6.07) is 17.5. The van der Waals surface area contributed by atoms with Gasteiger partial charge in [-0.2, -0.15) is 26.3 Å². The highest BCUT2D eigenvalue weighted by Crippen LogP contribution is 2.54.